The van der Waals surface area contributed by atoms with Crippen LogP contribution in [0.4, 0.5) is 5.82 Å². The fraction of sp³-hybridized carbons (Fsp3) is 0.615. The standard InChI is InChI=1S/C13H19N3S/c1-13(2,3)10-11(14)16-8-6-4-5-7-9(8)17-12(16)15-10/h4-7,14H2,1-3H3. The average Bonchev–Trinajstić information content (AvgIpc) is 2.75. The normalized spacial score (nSPS) is 16.4. The van der Waals surface area contributed by atoms with Crippen molar-refractivity contribution in [3.05, 3.63) is 16.3 Å². The molecule has 0 radical (unpaired) electrons. The summed E-state index contributed by atoms with van der Waals surface area (Å²) in [6.45, 7) is 6.51. The van der Waals surface area contributed by atoms with E-state index in [1.165, 1.54) is 29.8 Å². The second kappa shape index (κ2) is 3.48. The first-order chi connectivity index (χ1) is 7.98. The van der Waals surface area contributed by atoms with Crippen molar-refractivity contribution < 1.29 is 0 Å². The molecule has 0 fully saturated rings. The lowest BCUT2D eigenvalue weighted by atomic mass is 9.92. The Balaban J connectivity index is 2.26. The predicted molar refractivity (Wildman–Crippen MR) is 72.8 cm³/mol. The van der Waals surface area contributed by atoms with Crippen LogP contribution in [0.25, 0.3) is 4.96 Å². The topological polar surface area (TPSA) is 43.3 Å². The molecule has 1 aliphatic carbocycles. The van der Waals surface area contributed by atoms with Gasteiger partial charge in [-0.05, 0) is 25.7 Å². The zero-order chi connectivity index (χ0) is 12.2. The number of nitrogens with zero attached hydrogens (tertiary/aromatic N) is 2. The fourth-order valence-electron chi connectivity index (χ4n) is 2.61. The van der Waals surface area contributed by atoms with E-state index >= 15 is 0 Å². The molecule has 0 unspecified atom stereocenters. The predicted octanol–water partition coefficient (Wildman–Crippen LogP) is 3.15. The van der Waals surface area contributed by atoms with E-state index in [1.54, 1.807) is 0 Å². The largest absolute Gasteiger partial charge is 0.383 e. The maximum atomic E-state index is 6.30. The van der Waals surface area contributed by atoms with Crippen molar-refractivity contribution in [2.45, 2.75) is 51.9 Å². The number of aryl methyl sites for hydroxylation is 2. The minimum atomic E-state index is 0.0252. The summed E-state index contributed by atoms with van der Waals surface area (Å²) in [7, 11) is 0. The third-order valence-electron chi connectivity index (χ3n) is 3.47. The fourth-order valence-corrected chi connectivity index (χ4v) is 3.83. The Kier molecular flexibility index (Phi) is 2.27. The highest BCUT2D eigenvalue weighted by atomic mass is 32.1. The minimum absolute atomic E-state index is 0.0252. The maximum Gasteiger partial charge on any atom is 0.196 e. The Labute approximate surface area is 106 Å². The van der Waals surface area contributed by atoms with Crippen LogP contribution in [-0.4, -0.2) is 9.38 Å². The number of nitrogens with two attached hydrogens (primary N) is 1. The summed E-state index contributed by atoms with van der Waals surface area (Å²) in [4.78, 5) is 7.32. The third kappa shape index (κ3) is 1.58. The molecule has 0 aliphatic heterocycles. The Morgan fingerprint density at radius 1 is 1.24 bits per heavy atom. The molecule has 3 nitrogen and oxygen atoms in total. The van der Waals surface area contributed by atoms with E-state index in [1.807, 2.05) is 11.3 Å². The molecule has 0 spiro atoms. The summed E-state index contributed by atoms with van der Waals surface area (Å²) < 4.78 is 2.19. The summed E-state index contributed by atoms with van der Waals surface area (Å²) in [5.41, 5.74) is 8.78. The highest BCUT2D eigenvalue weighted by Gasteiger charge is 2.26. The lowest BCUT2D eigenvalue weighted by Gasteiger charge is -2.17. The van der Waals surface area contributed by atoms with Gasteiger partial charge in [0.1, 0.15) is 5.82 Å². The third-order valence-corrected chi connectivity index (χ3v) is 4.61. The van der Waals surface area contributed by atoms with Crippen molar-refractivity contribution in [1.29, 1.82) is 0 Å². The first-order valence-electron chi connectivity index (χ1n) is 6.27. The van der Waals surface area contributed by atoms with Crippen molar-refractivity contribution in [1.82, 2.24) is 9.38 Å². The summed E-state index contributed by atoms with van der Waals surface area (Å²) in [6, 6.07) is 0. The minimum Gasteiger partial charge on any atom is -0.383 e. The first kappa shape index (κ1) is 11.1. The molecule has 4 heteroatoms. The molecule has 0 saturated heterocycles. The van der Waals surface area contributed by atoms with Crippen molar-refractivity contribution in [2.75, 3.05) is 5.73 Å². The quantitative estimate of drug-likeness (QED) is 0.779. The van der Waals surface area contributed by atoms with Gasteiger partial charge in [0.15, 0.2) is 4.96 Å². The molecular weight excluding hydrogens is 230 g/mol. The van der Waals surface area contributed by atoms with E-state index in [9.17, 15) is 0 Å². The number of aromatic nitrogens is 2. The van der Waals surface area contributed by atoms with Gasteiger partial charge in [0.25, 0.3) is 0 Å². The molecule has 0 saturated carbocycles. The molecule has 2 aromatic rings. The van der Waals surface area contributed by atoms with Crippen LogP contribution in [0.3, 0.4) is 0 Å². The van der Waals surface area contributed by atoms with Gasteiger partial charge in [-0.15, -0.1) is 11.3 Å². The second-order valence-corrected chi connectivity index (χ2v) is 6.95. The molecule has 0 atom stereocenters. The van der Waals surface area contributed by atoms with Crippen molar-refractivity contribution in [3.63, 3.8) is 0 Å². The van der Waals surface area contributed by atoms with Crippen molar-refractivity contribution >= 4 is 22.1 Å². The second-order valence-electron chi connectivity index (χ2n) is 5.89. The number of thiazole rings is 1. The van der Waals surface area contributed by atoms with Gasteiger partial charge in [0.05, 0.1) is 5.69 Å². The van der Waals surface area contributed by atoms with Gasteiger partial charge >= 0.3 is 0 Å². The van der Waals surface area contributed by atoms with Crippen LogP contribution in [0.5, 0.6) is 0 Å². The van der Waals surface area contributed by atoms with Gasteiger partial charge in [-0.25, -0.2) is 4.98 Å². The molecule has 2 heterocycles. The van der Waals surface area contributed by atoms with Gasteiger partial charge in [0.2, 0.25) is 0 Å². The van der Waals surface area contributed by atoms with Gasteiger partial charge in [0, 0.05) is 16.0 Å². The zero-order valence-electron chi connectivity index (χ0n) is 10.7. The smallest absolute Gasteiger partial charge is 0.196 e. The highest BCUT2D eigenvalue weighted by Crippen LogP contribution is 2.36. The molecular formula is C13H19N3S. The lowest BCUT2D eigenvalue weighted by molar-refractivity contribution is 0.575. The Morgan fingerprint density at radius 3 is 2.65 bits per heavy atom. The SMILES string of the molecule is CC(C)(C)c1nc2sc3c(n2c1N)CCCC3. The lowest BCUT2D eigenvalue weighted by Crippen LogP contribution is -2.15. The number of anilines is 1. The van der Waals surface area contributed by atoms with Crippen LogP contribution in [0.1, 0.15) is 49.9 Å². The van der Waals surface area contributed by atoms with Crippen molar-refractivity contribution in [3.8, 4) is 0 Å². The van der Waals surface area contributed by atoms with Crippen LogP contribution in [-0.2, 0) is 18.3 Å². The van der Waals surface area contributed by atoms with E-state index in [-0.39, 0.29) is 5.41 Å². The number of nitrogen functional groups attached to an aromatic ring is 1. The number of hydrogen-bond donors (Lipinski definition) is 1. The Morgan fingerprint density at radius 2 is 1.94 bits per heavy atom. The molecule has 0 amide bonds. The molecule has 0 aromatic carbocycles. The van der Waals surface area contributed by atoms with E-state index in [4.69, 9.17) is 10.7 Å². The van der Waals surface area contributed by atoms with Crippen LogP contribution in [0.2, 0.25) is 0 Å². The molecule has 1 aliphatic rings. The molecule has 2 N–H and O–H groups in total. The van der Waals surface area contributed by atoms with E-state index in [0.29, 0.717) is 0 Å². The average molecular weight is 249 g/mol. The van der Waals surface area contributed by atoms with Gasteiger partial charge in [-0.2, -0.15) is 0 Å². The van der Waals surface area contributed by atoms with Crippen LogP contribution < -0.4 is 5.73 Å². The van der Waals surface area contributed by atoms with Gasteiger partial charge in [-0.1, -0.05) is 20.8 Å². The number of rotatable bonds is 0. The molecule has 17 heavy (non-hydrogen) atoms. The molecule has 3 rings (SSSR count). The van der Waals surface area contributed by atoms with Gasteiger partial charge < -0.3 is 5.73 Å². The Bertz CT molecular complexity index is 571. The van der Waals surface area contributed by atoms with E-state index in [0.717, 1.165) is 22.9 Å². The van der Waals surface area contributed by atoms with E-state index < -0.39 is 0 Å². The van der Waals surface area contributed by atoms with Crippen LogP contribution in [0, 0.1) is 0 Å². The summed E-state index contributed by atoms with van der Waals surface area (Å²) in [6.07, 6.45) is 4.94. The number of imidazole rings is 1. The summed E-state index contributed by atoms with van der Waals surface area (Å²) in [5, 5.41) is 0. The molecule has 92 valence electrons. The van der Waals surface area contributed by atoms with Gasteiger partial charge in [-0.3, -0.25) is 4.40 Å². The Hall–Kier alpha value is -1.03. The number of fused-ring (bicyclic) bond motifs is 3. The zero-order valence-corrected chi connectivity index (χ0v) is 11.5. The maximum absolute atomic E-state index is 6.30. The molecule has 2 aromatic heterocycles. The molecule has 0 bridgehead atoms. The van der Waals surface area contributed by atoms with Crippen LogP contribution >= 0.6 is 11.3 Å². The van der Waals surface area contributed by atoms with Crippen molar-refractivity contribution in [2.24, 2.45) is 0 Å². The van der Waals surface area contributed by atoms with Crippen LogP contribution in [0.15, 0.2) is 0 Å². The number of hydrogen-bond acceptors (Lipinski definition) is 3. The summed E-state index contributed by atoms with van der Waals surface area (Å²) in [5.74, 6) is 0.854. The summed E-state index contributed by atoms with van der Waals surface area (Å²) >= 11 is 1.82. The monoisotopic (exact) mass is 249 g/mol. The highest BCUT2D eigenvalue weighted by molar-refractivity contribution is 7.17. The first-order valence-corrected chi connectivity index (χ1v) is 7.09. The van der Waals surface area contributed by atoms with E-state index in [2.05, 4.69) is 25.2 Å².